The molecule has 1 atom stereocenters. The minimum Gasteiger partial charge on any atom is -0.496 e. The fourth-order valence-electron chi connectivity index (χ4n) is 17.3. The average molecular weight is 1740 g/mol. The van der Waals surface area contributed by atoms with Gasteiger partial charge in [-0.15, -0.1) is 0 Å². The van der Waals surface area contributed by atoms with Crippen LogP contribution in [-0.4, -0.2) is 111 Å². The number of rotatable bonds is 3. The third-order valence-corrected chi connectivity index (χ3v) is 26.9. The topological polar surface area (TPSA) is 144 Å². The van der Waals surface area contributed by atoms with E-state index in [0.29, 0.717) is 55.8 Å². The van der Waals surface area contributed by atoms with Gasteiger partial charge in [-0.1, -0.05) is 270 Å². The monoisotopic (exact) mass is 1740 g/mol. The molecule has 1 aliphatic carbocycles. The van der Waals surface area contributed by atoms with E-state index >= 15 is 14.4 Å². The van der Waals surface area contributed by atoms with Crippen molar-refractivity contribution in [3.8, 4) is 34.5 Å². The fourth-order valence-corrected chi connectivity index (χ4v) is 20.1. The van der Waals surface area contributed by atoms with E-state index in [1.54, 1.807) is 36.0 Å². The summed E-state index contributed by atoms with van der Waals surface area (Å²) in [6, 6.07) is 53.2. The van der Waals surface area contributed by atoms with E-state index in [2.05, 4.69) is 252 Å². The predicted molar refractivity (Wildman–Crippen MR) is 519 cm³/mol. The summed E-state index contributed by atoms with van der Waals surface area (Å²) in [4.78, 5) is 52.6. The van der Waals surface area contributed by atoms with Crippen LogP contribution in [0.5, 0.6) is 34.5 Å². The van der Waals surface area contributed by atoms with E-state index in [9.17, 15) is 0 Å². The molecule has 3 amide bonds. The molecular weight excluding hydrogens is 1600 g/mol. The highest BCUT2D eigenvalue weighted by Crippen LogP contribution is 2.48. The second-order valence-corrected chi connectivity index (χ2v) is 46.5. The molecule has 2 heterocycles. The molecular formula is C111H144N3O12P. The molecule has 127 heavy (non-hydrogen) atoms. The van der Waals surface area contributed by atoms with Crippen LogP contribution in [0.2, 0.25) is 0 Å². The van der Waals surface area contributed by atoms with Crippen LogP contribution in [0.1, 0.15) is 304 Å². The first-order valence-corrected chi connectivity index (χ1v) is 46.9. The third-order valence-electron chi connectivity index (χ3n) is 24.1. The lowest BCUT2D eigenvalue weighted by Gasteiger charge is -2.33. The Hall–Kier alpha value is -9.98. The number of fused-ring (bicyclic) bond motifs is 12. The summed E-state index contributed by atoms with van der Waals surface area (Å²) in [7, 11) is 3.68. The highest BCUT2D eigenvalue weighted by atomic mass is 31.1. The van der Waals surface area contributed by atoms with Gasteiger partial charge in [-0.3, -0.25) is 0 Å². The molecule has 0 fully saturated rings. The first kappa shape index (κ1) is 96.1. The van der Waals surface area contributed by atoms with Crippen molar-refractivity contribution < 1.29 is 57.0 Å². The molecule has 9 aromatic carbocycles. The van der Waals surface area contributed by atoms with E-state index in [4.69, 9.17) is 42.6 Å². The maximum Gasteiger partial charge on any atom is 0.410 e. The van der Waals surface area contributed by atoms with Crippen molar-refractivity contribution in [1.82, 2.24) is 14.7 Å². The molecule has 2 aliphatic heterocycles. The van der Waals surface area contributed by atoms with Gasteiger partial charge < -0.3 is 57.3 Å². The summed E-state index contributed by atoms with van der Waals surface area (Å²) in [5, 5.41) is 2.85. The van der Waals surface area contributed by atoms with Crippen molar-refractivity contribution in [3.05, 3.63) is 262 Å². The normalized spacial score (nSPS) is 15.6. The summed E-state index contributed by atoms with van der Waals surface area (Å²) >= 11 is 0. The summed E-state index contributed by atoms with van der Waals surface area (Å²) in [6.07, 6.45) is 0.821. The summed E-state index contributed by atoms with van der Waals surface area (Å²) < 4.78 is 63.9. The van der Waals surface area contributed by atoms with Crippen molar-refractivity contribution in [3.63, 3.8) is 0 Å². The molecule has 9 aromatic rings. The van der Waals surface area contributed by atoms with E-state index in [1.165, 1.54) is 0 Å². The van der Waals surface area contributed by atoms with E-state index in [0.717, 1.165) is 150 Å². The number of hydrogen-bond donors (Lipinski definition) is 0. The van der Waals surface area contributed by atoms with Gasteiger partial charge in [0.1, 0.15) is 71.1 Å². The Morgan fingerprint density at radius 2 is 0.449 bits per heavy atom. The number of amides is 3. The fraction of sp³-hybridized carbons (Fsp3) is 0.486. The minimum atomic E-state index is -1.71. The first-order chi connectivity index (χ1) is 59.1. The number of benzene rings is 9. The standard InChI is InChI=1S/C111H144N3O12P/c1-103(2,3)85-55-73-49-74-56-86(104(4,5)6)58-76(95(74)119-29)51-81-63-89(107(13,14)15)65-83-54-84-66-90(108(16,17)18)64-82-53-78-60-87(105(7,8)9)59-77(96(78)120-30)52-80-62-88(106(10,11)12)61-79(50-75(57-85)94(73)118-28)97(80)121-46-43-112(100(115)124-109(19,20)21)67-70-37-31-34-40-91(70)127(92-41-35-32-38-71(92)68-113(44-47-122-98(81)83)101(116)125-110(22,23)24)93-42-36-33-39-72(93)69-114(45-48-123-99(82)84)102(117)126-111(25,26)27/h31-42,55-66H,43-54,67-69H2,1-30H3. The van der Waals surface area contributed by atoms with Crippen LogP contribution in [0, 0.1) is 0 Å². The molecule has 3 aliphatic rings. The largest absolute Gasteiger partial charge is 0.496 e. The number of carbonyl (C=O) groups excluding carboxylic acids is 3. The number of carbonyl (C=O) groups is 3. The van der Waals surface area contributed by atoms with Gasteiger partial charge in [0.25, 0.3) is 0 Å². The van der Waals surface area contributed by atoms with Crippen molar-refractivity contribution in [2.45, 2.75) is 294 Å². The molecule has 16 bridgehead atoms. The maximum atomic E-state index is 15.8. The molecule has 16 heteroatoms. The molecule has 0 N–H and O–H groups in total. The molecule has 0 saturated carbocycles. The molecule has 1 unspecified atom stereocenters. The highest BCUT2D eigenvalue weighted by Gasteiger charge is 2.37. The molecule has 680 valence electrons. The van der Waals surface area contributed by atoms with Crippen LogP contribution in [0.4, 0.5) is 14.4 Å². The second kappa shape index (κ2) is 37.2. The smallest absolute Gasteiger partial charge is 0.410 e. The lowest BCUT2D eigenvalue weighted by Crippen LogP contribution is -2.41. The van der Waals surface area contributed by atoms with Crippen LogP contribution in [0.25, 0.3) is 0 Å². The Morgan fingerprint density at radius 3 is 0.638 bits per heavy atom. The molecule has 0 spiro atoms. The minimum absolute atomic E-state index is 0.0559. The van der Waals surface area contributed by atoms with Crippen LogP contribution >= 0.6 is 7.92 Å². The number of hydrogen-bond acceptors (Lipinski definition) is 12. The summed E-state index contributed by atoms with van der Waals surface area (Å²) in [5.41, 5.74) is 16.0. The van der Waals surface area contributed by atoms with Crippen molar-refractivity contribution >= 4 is 42.1 Å². The quantitative estimate of drug-likeness (QED) is 0.123. The molecule has 12 rings (SSSR count). The van der Waals surface area contributed by atoms with E-state index in [1.807, 2.05) is 80.5 Å². The highest BCUT2D eigenvalue weighted by molar-refractivity contribution is 7.80. The number of nitrogens with zero attached hydrogens (tertiary/aromatic N) is 3. The van der Waals surface area contributed by atoms with Crippen molar-refractivity contribution in [2.75, 3.05) is 60.8 Å². The predicted octanol–water partition coefficient (Wildman–Crippen LogP) is 24.2. The maximum absolute atomic E-state index is 15.8. The Balaban J connectivity index is 1.30. The Labute approximate surface area is 761 Å². The van der Waals surface area contributed by atoms with Gasteiger partial charge in [0, 0.05) is 58.2 Å². The van der Waals surface area contributed by atoms with Gasteiger partial charge >= 0.3 is 18.3 Å². The van der Waals surface area contributed by atoms with Crippen LogP contribution in [0.3, 0.4) is 0 Å². The van der Waals surface area contributed by atoms with Gasteiger partial charge in [0.2, 0.25) is 0 Å². The molecule has 0 aromatic heterocycles. The van der Waals surface area contributed by atoms with E-state index in [-0.39, 0.29) is 80.7 Å². The Bertz CT molecular complexity index is 5500. The third kappa shape index (κ3) is 23.4. The Kier molecular flexibility index (Phi) is 28.2. The molecule has 0 radical (unpaired) electrons. The Morgan fingerprint density at radius 1 is 0.268 bits per heavy atom. The number of methoxy groups -OCH3 is 3. The summed E-state index contributed by atoms with van der Waals surface area (Å²) in [6.45, 7) is 58.9. The number of ether oxygens (including phenoxy) is 9. The van der Waals surface area contributed by atoms with E-state index < -0.39 is 53.8 Å². The van der Waals surface area contributed by atoms with Gasteiger partial charge in [0.15, 0.2) is 0 Å². The second-order valence-electron chi connectivity index (χ2n) is 44.4. The van der Waals surface area contributed by atoms with Crippen molar-refractivity contribution in [2.24, 2.45) is 0 Å². The van der Waals surface area contributed by atoms with Gasteiger partial charge in [-0.05, 0) is 235 Å². The first-order valence-electron chi connectivity index (χ1n) is 45.6. The average Bonchev–Trinajstić information content (AvgIpc) is 0.768. The van der Waals surface area contributed by atoms with Crippen molar-refractivity contribution in [1.29, 1.82) is 0 Å². The van der Waals surface area contributed by atoms with Gasteiger partial charge in [-0.25, -0.2) is 14.4 Å². The molecule has 0 saturated heterocycles. The SMILES string of the molecule is COc1c2cc(C(C)(C)C)cc1Cc1cc(C(C)(C)C)cc3c1OCCN(C(=O)OC(C)(C)C)Cc1ccccc1P1c4ccccc4CN(C(=O)OC(C)(C)C)CCOc4c(cc(C(C)(C)C)cc4Cc4cc(C(C)(C)C)cc(c4OCCN(C(=O)OC(C)(C)C)Cc4ccccc41)Cc1cc(C(C)(C)C)cc(c1OC)C3)Cc1cc(C(C)(C)C)cc(c1OC)C2. The lowest BCUT2D eigenvalue weighted by molar-refractivity contribution is 0.0200. The zero-order valence-corrected chi connectivity index (χ0v) is 83.0. The van der Waals surface area contributed by atoms with Crippen LogP contribution in [0.15, 0.2) is 146 Å². The zero-order chi connectivity index (χ0) is 92.8. The van der Waals surface area contributed by atoms with Gasteiger partial charge in [-0.2, -0.15) is 0 Å². The summed E-state index contributed by atoms with van der Waals surface area (Å²) in [5.74, 6) is 4.31. The zero-order valence-electron chi connectivity index (χ0n) is 82.2. The molecule has 15 nitrogen and oxygen atoms in total. The van der Waals surface area contributed by atoms with Crippen LogP contribution < -0.4 is 44.3 Å². The van der Waals surface area contributed by atoms with Gasteiger partial charge in [0.05, 0.1) is 41.0 Å². The van der Waals surface area contributed by atoms with Crippen LogP contribution in [-0.2, 0) is 105 Å². The lowest BCUT2D eigenvalue weighted by atomic mass is 9.79.